The van der Waals surface area contributed by atoms with E-state index in [9.17, 15) is 0 Å². The zero-order valence-electron chi connectivity index (χ0n) is 8.85. The van der Waals surface area contributed by atoms with E-state index < -0.39 is 0 Å². The van der Waals surface area contributed by atoms with Gasteiger partial charge in [0.2, 0.25) is 0 Å². The SMILES string of the molecule is NC(CNc1ncnc2nc[nH]c12)C1CC1. The van der Waals surface area contributed by atoms with Crippen molar-refractivity contribution in [3.63, 3.8) is 0 Å². The van der Waals surface area contributed by atoms with Crippen LogP contribution in [0.2, 0.25) is 0 Å². The summed E-state index contributed by atoms with van der Waals surface area (Å²) in [6.45, 7) is 0.746. The van der Waals surface area contributed by atoms with Crippen LogP contribution < -0.4 is 11.1 Å². The van der Waals surface area contributed by atoms with Crippen LogP contribution in [0.25, 0.3) is 11.2 Å². The number of nitrogens with one attached hydrogen (secondary N) is 2. The molecule has 3 rings (SSSR count). The predicted molar refractivity (Wildman–Crippen MR) is 60.9 cm³/mol. The minimum atomic E-state index is 0.216. The first-order valence-corrected chi connectivity index (χ1v) is 5.48. The third kappa shape index (κ3) is 1.71. The van der Waals surface area contributed by atoms with Crippen LogP contribution in [0, 0.1) is 5.92 Å². The van der Waals surface area contributed by atoms with Gasteiger partial charge in [0.05, 0.1) is 6.33 Å². The number of hydrogen-bond acceptors (Lipinski definition) is 5. The number of imidazole rings is 1. The summed E-state index contributed by atoms with van der Waals surface area (Å²) in [4.78, 5) is 15.3. The lowest BCUT2D eigenvalue weighted by Gasteiger charge is -2.11. The van der Waals surface area contributed by atoms with Gasteiger partial charge in [-0.15, -0.1) is 0 Å². The van der Waals surface area contributed by atoms with Crippen molar-refractivity contribution in [3.8, 4) is 0 Å². The van der Waals surface area contributed by atoms with Crippen molar-refractivity contribution < 1.29 is 0 Å². The Kier molecular flexibility index (Phi) is 2.21. The van der Waals surface area contributed by atoms with Crippen LogP contribution in [0.1, 0.15) is 12.8 Å². The molecule has 2 heterocycles. The Morgan fingerprint density at radius 3 is 3.12 bits per heavy atom. The van der Waals surface area contributed by atoms with Crippen LogP contribution in [0.3, 0.4) is 0 Å². The maximum absolute atomic E-state index is 6.01. The molecular formula is C10H14N6. The Morgan fingerprint density at radius 2 is 2.31 bits per heavy atom. The summed E-state index contributed by atoms with van der Waals surface area (Å²) < 4.78 is 0. The van der Waals surface area contributed by atoms with Gasteiger partial charge in [0.25, 0.3) is 0 Å². The normalized spacial score (nSPS) is 17.6. The summed E-state index contributed by atoms with van der Waals surface area (Å²) in [7, 11) is 0. The molecule has 0 spiro atoms. The van der Waals surface area contributed by atoms with Gasteiger partial charge in [0, 0.05) is 12.6 Å². The molecule has 2 aromatic heterocycles. The lowest BCUT2D eigenvalue weighted by atomic mass is 10.2. The van der Waals surface area contributed by atoms with Gasteiger partial charge in [0.1, 0.15) is 11.8 Å². The third-order valence-electron chi connectivity index (χ3n) is 2.96. The summed E-state index contributed by atoms with van der Waals surface area (Å²) >= 11 is 0. The maximum atomic E-state index is 6.01. The second kappa shape index (κ2) is 3.71. The number of nitrogens with zero attached hydrogens (tertiary/aromatic N) is 3. The molecule has 0 saturated heterocycles. The largest absolute Gasteiger partial charge is 0.367 e. The molecule has 0 aromatic carbocycles. The summed E-state index contributed by atoms with van der Waals surface area (Å²) in [6.07, 6.45) is 5.64. The van der Waals surface area contributed by atoms with Crippen LogP contribution in [-0.4, -0.2) is 32.5 Å². The molecule has 0 aliphatic heterocycles. The second-order valence-corrected chi connectivity index (χ2v) is 4.21. The predicted octanol–water partition coefficient (Wildman–Crippen LogP) is 0.502. The average molecular weight is 218 g/mol. The number of nitrogens with two attached hydrogens (primary N) is 1. The van der Waals surface area contributed by atoms with Gasteiger partial charge in [-0.05, 0) is 18.8 Å². The van der Waals surface area contributed by atoms with E-state index in [-0.39, 0.29) is 6.04 Å². The van der Waals surface area contributed by atoms with Crippen molar-refractivity contribution >= 4 is 17.0 Å². The molecule has 1 fully saturated rings. The van der Waals surface area contributed by atoms with Crippen molar-refractivity contribution in [2.45, 2.75) is 18.9 Å². The summed E-state index contributed by atoms with van der Waals surface area (Å²) in [5.41, 5.74) is 7.53. The fraction of sp³-hybridized carbons (Fsp3) is 0.500. The lowest BCUT2D eigenvalue weighted by molar-refractivity contribution is 0.620. The maximum Gasteiger partial charge on any atom is 0.182 e. The number of rotatable bonds is 4. The van der Waals surface area contributed by atoms with Crippen molar-refractivity contribution in [2.75, 3.05) is 11.9 Å². The van der Waals surface area contributed by atoms with E-state index >= 15 is 0 Å². The Morgan fingerprint density at radius 1 is 1.44 bits per heavy atom. The molecule has 1 atom stereocenters. The molecule has 0 amide bonds. The number of H-pyrrole nitrogens is 1. The zero-order valence-corrected chi connectivity index (χ0v) is 8.85. The van der Waals surface area contributed by atoms with Crippen LogP contribution in [-0.2, 0) is 0 Å². The molecule has 0 bridgehead atoms. The molecule has 1 saturated carbocycles. The molecule has 6 nitrogen and oxygen atoms in total. The fourth-order valence-corrected chi connectivity index (χ4v) is 1.80. The zero-order chi connectivity index (χ0) is 11.0. The molecule has 1 aliphatic carbocycles. The molecule has 4 N–H and O–H groups in total. The second-order valence-electron chi connectivity index (χ2n) is 4.21. The Bertz CT molecular complexity index is 489. The number of aromatic amines is 1. The quantitative estimate of drug-likeness (QED) is 0.695. The highest BCUT2D eigenvalue weighted by molar-refractivity contribution is 5.81. The molecule has 0 radical (unpaired) electrons. The summed E-state index contributed by atoms with van der Waals surface area (Å²) in [5, 5.41) is 3.25. The Balaban J connectivity index is 1.75. The number of fused-ring (bicyclic) bond motifs is 1. The van der Waals surface area contributed by atoms with Gasteiger partial charge in [-0.1, -0.05) is 0 Å². The standard InChI is InChI=1S/C10H14N6/c11-7(6-1-2-6)3-12-9-8-10(14-4-13-8)16-5-15-9/h4-7H,1-3,11H2,(H2,12,13,14,15,16). The van der Waals surface area contributed by atoms with Crippen LogP contribution in [0.15, 0.2) is 12.7 Å². The van der Waals surface area contributed by atoms with Crippen molar-refractivity contribution in [1.82, 2.24) is 19.9 Å². The first kappa shape index (κ1) is 9.53. The monoisotopic (exact) mass is 218 g/mol. The Labute approximate surface area is 92.7 Å². The number of hydrogen-bond donors (Lipinski definition) is 3. The van der Waals surface area contributed by atoms with Gasteiger partial charge in [0.15, 0.2) is 11.5 Å². The highest BCUT2D eigenvalue weighted by Gasteiger charge is 2.28. The fourth-order valence-electron chi connectivity index (χ4n) is 1.80. The molecular weight excluding hydrogens is 204 g/mol. The van der Waals surface area contributed by atoms with Crippen LogP contribution >= 0.6 is 0 Å². The van der Waals surface area contributed by atoms with E-state index in [1.165, 1.54) is 19.2 Å². The number of aromatic nitrogens is 4. The molecule has 1 aliphatic rings. The number of anilines is 1. The van der Waals surface area contributed by atoms with E-state index in [0.29, 0.717) is 11.6 Å². The lowest BCUT2D eigenvalue weighted by Crippen LogP contribution is -2.31. The minimum Gasteiger partial charge on any atom is -0.367 e. The van der Waals surface area contributed by atoms with Crippen molar-refractivity contribution in [2.24, 2.45) is 11.7 Å². The van der Waals surface area contributed by atoms with Crippen LogP contribution in [0.4, 0.5) is 5.82 Å². The topological polar surface area (TPSA) is 92.5 Å². The van der Waals surface area contributed by atoms with Crippen molar-refractivity contribution in [1.29, 1.82) is 0 Å². The first-order chi connectivity index (χ1) is 7.84. The smallest absolute Gasteiger partial charge is 0.182 e. The van der Waals surface area contributed by atoms with Gasteiger partial charge in [-0.2, -0.15) is 0 Å². The van der Waals surface area contributed by atoms with Gasteiger partial charge in [-0.25, -0.2) is 15.0 Å². The van der Waals surface area contributed by atoms with E-state index in [1.54, 1.807) is 6.33 Å². The molecule has 84 valence electrons. The average Bonchev–Trinajstić information content (AvgIpc) is 3.04. The Hall–Kier alpha value is -1.69. The van der Waals surface area contributed by atoms with E-state index in [2.05, 4.69) is 25.3 Å². The molecule has 1 unspecified atom stereocenters. The van der Waals surface area contributed by atoms with Gasteiger partial charge in [-0.3, -0.25) is 0 Å². The minimum absolute atomic E-state index is 0.216. The molecule has 2 aromatic rings. The highest BCUT2D eigenvalue weighted by Crippen LogP contribution is 2.31. The van der Waals surface area contributed by atoms with Crippen LogP contribution in [0.5, 0.6) is 0 Å². The summed E-state index contributed by atoms with van der Waals surface area (Å²) in [5.74, 6) is 1.46. The summed E-state index contributed by atoms with van der Waals surface area (Å²) in [6, 6.07) is 0.216. The van der Waals surface area contributed by atoms with E-state index in [1.807, 2.05) is 0 Å². The van der Waals surface area contributed by atoms with E-state index in [0.717, 1.165) is 17.9 Å². The first-order valence-electron chi connectivity index (χ1n) is 5.48. The molecule has 6 heteroatoms. The third-order valence-corrected chi connectivity index (χ3v) is 2.96. The molecule has 16 heavy (non-hydrogen) atoms. The van der Waals surface area contributed by atoms with Gasteiger partial charge >= 0.3 is 0 Å². The van der Waals surface area contributed by atoms with Crippen molar-refractivity contribution in [3.05, 3.63) is 12.7 Å². The van der Waals surface area contributed by atoms with E-state index in [4.69, 9.17) is 5.73 Å². The van der Waals surface area contributed by atoms with Gasteiger partial charge < -0.3 is 16.0 Å². The highest BCUT2D eigenvalue weighted by atomic mass is 15.1.